The van der Waals surface area contributed by atoms with Gasteiger partial charge in [0.15, 0.2) is 0 Å². The van der Waals surface area contributed by atoms with Gasteiger partial charge in [-0.15, -0.1) is 12.4 Å². The maximum absolute atomic E-state index is 12.3. The van der Waals surface area contributed by atoms with Crippen LogP contribution in [0.3, 0.4) is 0 Å². The van der Waals surface area contributed by atoms with Crippen LogP contribution in [-0.4, -0.2) is 18.1 Å². The molecule has 1 aliphatic rings. The third kappa shape index (κ3) is 5.78. The largest absolute Gasteiger partial charge is 0.491 e. The van der Waals surface area contributed by atoms with Crippen molar-refractivity contribution in [3.05, 3.63) is 22.7 Å². The first-order valence-corrected chi connectivity index (χ1v) is 8.27. The van der Waals surface area contributed by atoms with E-state index in [1.807, 2.05) is 32.0 Å². The standard InChI is InChI=1S/C16H23BrN2O2.ClH/c1-10(2)21-15-8-12(17)7-14(9-15)19-16(20)11-4-3-5-13(18)6-11;/h7-11,13H,3-6,18H2,1-2H3,(H,19,20);1H. The molecule has 0 heterocycles. The minimum absolute atomic E-state index is 0. The quantitative estimate of drug-likeness (QED) is 0.811. The van der Waals surface area contributed by atoms with Gasteiger partial charge < -0.3 is 15.8 Å². The molecule has 1 amide bonds. The Morgan fingerprint density at radius 3 is 2.73 bits per heavy atom. The summed E-state index contributed by atoms with van der Waals surface area (Å²) in [5, 5.41) is 2.98. The average molecular weight is 392 g/mol. The highest BCUT2D eigenvalue weighted by Gasteiger charge is 2.25. The molecule has 2 atom stereocenters. The van der Waals surface area contributed by atoms with Gasteiger partial charge >= 0.3 is 0 Å². The molecule has 0 spiro atoms. The summed E-state index contributed by atoms with van der Waals surface area (Å²) in [5.41, 5.74) is 6.71. The van der Waals surface area contributed by atoms with Crippen molar-refractivity contribution in [3.8, 4) is 5.75 Å². The third-order valence-corrected chi connectivity index (χ3v) is 4.05. The van der Waals surface area contributed by atoms with E-state index in [1.54, 1.807) is 0 Å². The van der Waals surface area contributed by atoms with Crippen LogP contribution in [-0.2, 0) is 4.79 Å². The highest BCUT2D eigenvalue weighted by atomic mass is 79.9. The Morgan fingerprint density at radius 1 is 1.36 bits per heavy atom. The van der Waals surface area contributed by atoms with Gasteiger partial charge in [0.25, 0.3) is 0 Å². The average Bonchev–Trinajstić information content (AvgIpc) is 2.37. The summed E-state index contributed by atoms with van der Waals surface area (Å²) < 4.78 is 6.56. The summed E-state index contributed by atoms with van der Waals surface area (Å²) in [4.78, 5) is 12.3. The number of ether oxygens (including phenoxy) is 1. The summed E-state index contributed by atoms with van der Waals surface area (Å²) in [6, 6.07) is 5.78. The molecule has 0 aliphatic heterocycles. The van der Waals surface area contributed by atoms with Gasteiger partial charge in [-0.1, -0.05) is 22.4 Å². The van der Waals surface area contributed by atoms with Crippen molar-refractivity contribution in [1.29, 1.82) is 0 Å². The number of halogens is 2. The van der Waals surface area contributed by atoms with E-state index in [4.69, 9.17) is 10.5 Å². The first-order valence-electron chi connectivity index (χ1n) is 7.47. The molecule has 1 aromatic carbocycles. The third-order valence-electron chi connectivity index (χ3n) is 3.60. The van der Waals surface area contributed by atoms with Crippen LogP contribution in [0.4, 0.5) is 5.69 Å². The summed E-state index contributed by atoms with van der Waals surface area (Å²) in [6.07, 6.45) is 3.84. The minimum Gasteiger partial charge on any atom is -0.491 e. The number of benzene rings is 1. The van der Waals surface area contributed by atoms with E-state index >= 15 is 0 Å². The Kier molecular flexibility index (Phi) is 7.66. The van der Waals surface area contributed by atoms with Gasteiger partial charge in [-0.2, -0.15) is 0 Å². The van der Waals surface area contributed by atoms with E-state index in [1.165, 1.54) is 0 Å². The van der Waals surface area contributed by atoms with Crippen molar-refractivity contribution in [2.75, 3.05) is 5.32 Å². The second-order valence-corrected chi connectivity index (χ2v) is 6.87. The summed E-state index contributed by atoms with van der Waals surface area (Å²) in [6.45, 7) is 3.95. The lowest BCUT2D eigenvalue weighted by atomic mass is 9.85. The SMILES string of the molecule is CC(C)Oc1cc(Br)cc(NC(=O)C2CCCC(N)C2)c1.Cl. The molecule has 22 heavy (non-hydrogen) atoms. The number of hydrogen-bond donors (Lipinski definition) is 2. The lowest BCUT2D eigenvalue weighted by molar-refractivity contribution is -0.120. The van der Waals surface area contributed by atoms with Gasteiger partial charge in [0, 0.05) is 28.2 Å². The number of carbonyl (C=O) groups is 1. The maximum atomic E-state index is 12.3. The molecule has 1 aromatic rings. The minimum atomic E-state index is 0. The number of anilines is 1. The number of amides is 1. The molecule has 0 aromatic heterocycles. The van der Waals surface area contributed by atoms with Crippen LogP contribution in [0.25, 0.3) is 0 Å². The van der Waals surface area contributed by atoms with E-state index < -0.39 is 0 Å². The molecule has 1 saturated carbocycles. The molecule has 1 fully saturated rings. The molecule has 3 N–H and O–H groups in total. The van der Waals surface area contributed by atoms with E-state index in [0.717, 1.165) is 41.6 Å². The Labute approximate surface area is 146 Å². The van der Waals surface area contributed by atoms with Crippen molar-refractivity contribution in [1.82, 2.24) is 0 Å². The van der Waals surface area contributed by atoms with Crippen LogP contribution in [0, 0.1) is 5.92 Å². The first kappa shape index (κ1) is 19.3. The predicted molar refractivity (Wildman–Crippen MR) is 95.7 cm³/mol. The van der Waals surface area contributed by atoms with E-state index in [2.05, 4.69) is 21.2 Å². The van der Waals surface area contributed by atoms with Crippen LogP contribution in [0.1, 0.15) is 39.5 Å². The highest BCUT2D eigenvalue weighted by molar-refractivity contribution is 9.10. The van der Waals surface area contributed by atoms with Crippen LogP contribution >= 0.6 is 28.3 Å². The predicted octanol–water partition coefficient (Wildman–Crippen LogP) is 4.11. The van der Waals surface area contributed by atoms with Crippen molar-refractivity contribution in [3.63, 3.8) is 0 Å². The fourth-order valence-corrected chi connectivity index (χ4v) is 3.16. The van der Waals surface area contributed by atoms with Crippen molar-refractivity contribution < 1.29 is 9.53 Å². The lowest BCUT2D eigenvalue weighted by Gasteiger charge is -2.25. The van der Waals surface area contributed by atoms with Crippen molar-refractivity contribution >= 4 is 39.9 Å². The Morgan fingerprint density at radius 2 is 2.09 bits per heavy atom. The van der Waals surface area contributed by atoms with Crippen LogP contribution in [0.15, 0.2) is 22.7 Å². The van der Waals surface area contributed by atoms with Crippen molar-refractivity contribution in [2.45, 2.75) is 51.7 Å². The zero-order valence-electron chi connectivity index (χ0n) is 13.0. The number of carbonyl (C=O) groups excluding carboxylic acids is 1. The number of nitrogens with one attached hydrogen (secondary N) is 1. The fourth-order valence-electron chi connectivity index (χ4n) is 2.69. The van der Waals surface area contributed by atoms with Crippen LogP contribution in [0.5, 0.6) is 5.75 Å². The topological polar surface area (TPSA) is 64.3 Å². The van der Waals surface area contributed by atoms with Gasteiger partial charge in [0.05, 0.1) is 6.10 Å². The fraction of sp³-hybridized carbons (Fsp3) is 0.562. The molecule has 4 nitrogen and oxygen atoms in total. The molecular formula is C16H24BrClN2O2. The van der Waals surface area contributed by atoms with Crippen LogP contribution in [0.2, 0.25) is 0 Å². The number of hydrogen-bond acceptors (Lipinski definition) is 3. The molecule has 124 valence electrons. The van der Waals surface area contributed by atoms with Gasteiger partial charge in [-0.25, -0.2) is 0 Å². The summed E-state index contributed by atoms with van der Waals surface area (Å²) >= 11 is 3.45. The number of rotatable bonds is 4. The molecule has 0 bridgehead atoms. The first-order chi connectivity index (χ1) is 9.94. The molecule has 2 rings (SSSR count). The normalized spacial score (nSPS) is 21.1. The zero-order chi connectivity index (χ0) is 15.4. The van der Waals surface area contributed by atoms with Gasteiger partial charge in [-0.3, -0.25) is 4.79 Å². The number of nitrogens with two attached hydrogens (primary N) is 1. The van der Waals surface area contributed by atoms with E-state index in [0.29, 0.717) is 0 Å². The Balaban J connectivity index is 0.00000242. The molecule has 0 saturated heterocycles. The van der Waals surface area contributed by atoms with E-state index in [9.17, 15) is 4.79 Å². The van der Waals surface area contributed by atoms with Crippen molar-refractivity contribution in [2.24, 2.45) is 11.7 Å². The van der Waals surface area contributed by atoms with Gasteiger partial charge in [-0.05, 0) is 45.2 Å². The summed E-state index contributed by atoms with van der Waals surface area (Å²) in [5.74, 6) is 0.816. The molecule has 6 heteroatoms. The molecular weight excluding hydrogens is 368 g/mol. The lowest BCUT2D eigenvalue weighted by Crippen LogP contribution is -2.34. The maximum Gasteiger partial charge on any atom is 0.227 e. The monoisotopic (exact) mass is 390 g/mol. The van der Waals surface area contributed by atoms with Crippen LogP contribution < -0.4 is 15.8 Å². The second kappa shape index (κ2) is 8.75. The van der Waals surface area contributed by atoms with Gasteiger partial charge in [0.2, 0.25) is 5.91 Å². The molecule has 1 aliphatic carbocycles. The smallest absolute Gasteiger partial charge is 0.227 e. The Hall–Kier alpha value is -0.780. The Bertz CT molecular complexity index is 511. The zero-order valence-corrected chi connectivity index (χ0v) is 15.4. The molecule has 0 radical (unpaired) electrons. The van der Waals surface area contributed by atoms with E-state index in [-0.39, 0.29) is 36.4 Å². The second-order valence-electron chi connectivity index (χ2n) is 5.96. The molecule has 2 unspecified atom stereocenters. The highest BCUT2D eigenvalue weighted by Crippen LogP contribution is 2.28. The van der Waals surface area contributed by atoms with Gasteiger partial charge in [0.1, 0.15) is 5.75 Å². The summed E-state index contributed by atoms with van der Waals surface area (Å²) in [7, 11) is 0.